The maximum atomic E-state index is 12.9. The van der Waals surface area contributed by atoms with E-state index in [4.69, 9.17) is 28.4 Å². The highest BCUT2D eigenvalue weighted by Gasteiger charge is 2.42. The Kier molecular flexibility index (Phi) is 10.7. The van der Waals surface area contributed by atoms with Crippen molar-refractivity contribution < 1.29 is 33.0 Å². The maximum Gasteiger partial charge on any atom is 0.340 e. The second-order valence-corrected chi connectivity index (χ2v) is 18.4. The van der Waals surface area contributed by atoms with Crippen LogP contribution < -0.4 is 9.47 Å². The molecule has 0 unspecified atom stereocenters. The summed E-state index contributed by atoms with van der Waals surface area (Å²) in [6.45, 7) is 13.2. The Morgan fingerprint density at radius 1 is 1.12 bits per heavy atom. The number of hydrogen-bond donors (Lipinski definition) is 0. The Balaban J connectivity index is 1.82. The highest BCUT2D eigenvalue weighted by molar-refractivity contribution is 7.18. The summed E-state index contributed by atoms with van der Waals surface area (Å²) in [5, 5.41) is 0.786. The molecule has 0 amide bonds. The minimum atomic E-state index is -2.30. The van der Waals surface area contributed by atoms with Crippen LogP contribution in [0.5, 0.6) is 11.5 Å². The number of fused-ring (bicyclic) bond motifs is 1. The van der Waals surface area contributed by atoms with E-state index >= 15 is 0 Å². The monoisotopic (exact) mass is 627 g/mol. The lowest BCUT2D eigenvalue weighted by Gasteiger charge is -2.42. The quantitative estimate of drug-likeness (QED) is 0.107. The van der Waals surface area contributed by atoms with Crippen LogP contribution in [0, 0.1) is 0 Å². The molecule has 1 saturated carbocycles. The molecular formula is C33H45NO7SSi. The number of ether oxygens (including phenoxy) is 4. The first kappa shape index (κ1) is 33.1. The molecule has 0 bridgehead atoms. The minimum Gasteiger partial charge on any atom is -0.497 e. The predicted molar refractivity (Wildman–Crippen MR) is 172 cm³/mol. The molecule has 1 fully saturated rings. The van der Waals surface area contributed by atoms with Gasteiger partial charge in [0, 0.05) is 6.42 Å². The van der Waals surface area contributed by atoms with Crippen LogP contribution in [0.3, 0.4) is 0 Å². The number of methoxy groups -OCH3 is 2. The van der Waals surface area contributed by atoms with Crippen molar-refractivity contribution in [3.63, 3.8) is 0 Å². The first-order chi connectivity index (χ1) is 20.4. The third kappa shape index (κ3) is 7.65. The Morgan fingerprint density at radius 3 is 2.44 bits per heavy atom. The number of aldehydes is 1. The summed E-state index contributed by atoms with van der Waals surface area (Å²) in [5.41, 5.74) is 2.36. The Morgan fingerprint density at radius 2 is 1.84 bits per heavy atom. The second-order valence-electron chi connectivity index (χ2n) is 12.6. The summed E-state index contributed by atoms with van der Waals surface area (Å²) in [5.74, 6) is 0.650. The molecule has 2 atom stereocenters. The van der Waals surface area contributed by atoms with Crippen molar-refractivity contribution in [2.75, 3.05) is 20.8 Å². The van der Waals surface area contributed by atoms with E-state index in [-0.39, 0.29) is 23.9 Å². The zero-order valence-corrected chi connectivity index (χ0v) is 28.5. The summed E-state index contributed by atoms with van der Waals surface area (Å²) in [6.07, 6.45) is 4.89. The third-order valence-electron chi connectivity index (χ3n) is 8.57. The number of esters is 1. The van der Waals surface area contributed by atoms with Gasteiger partial charge in [-0.25, -0.2) is 9.78 Å². The van der Waals surface area contributed by atoms with Crippen LogP contribution in [0.4, 0.5) is 0 Å². The molecule has 8 nitrogen and oxygen atoms in total. The summed E-state index contributed by atoms with van der Waals surface area (Å²) >= 11 is 1.52. The molecule has 0 spiro atoms. The maximum absolute atomic E-state index is 12.9. The fourth-order valence-electron chi connectivity index (χ4n) is 5.14. The molecule has 4 rings (SSSR count). The van der Waals surface area contributed by atoms with Gasteiger partial charge in [0.05, 0.1) is 65.5 Å². The van der Waals surface area contributed by atoms with Crippen LogP contribution in [-0.4, -0.2) is 58.6 Å². The summed E-state index contributed by atoms with van der Waals surface area (Å²) in [4.78, 5) is 29.5. The van der Waals surface area contributed by atoms with E-state index in [1.165, 1.54) is 11.3 Å². The van der Waals surface area contributed by atoms with Gasteiger partial charge in [-0.15, -0.1) is 11.3 Å². The number of hydrogen-bond acceptors (Lipinski definition) is 9. The molecular weight excluding hydrogens is 583 g/mol. The van der Waals surface area contributed by atoms with E-state index < -0.39 is 20.4 Å². The van der Waals surface area contributed by atoms with Gasteiger partial charge < -0.3 is 23.4 Å². The van der Waals surface area contributed by atoms with E-state index in [0.717, 1.165) is 47.2 Å². The van der Waals surface area contributed by atoms with Crippen LogP contribution in [0.2, 0.25) is 18.1 Å². The van der Waals surface area contributed by atoms with Crippen LogP contribution in [-0.2, 0) is 20.3 Å². The molecule has 1 aliphatic rings. The predicted octanol–water partition coefficient (Wildman–Crippen LogP) is 7.94. The van der Waals surface area contributed by atoms with Crippen molar-refractivity contribution in [2.45, 2.75) is 96.2 Å². The molecule has 0 aliphatic heterocycles. The molecule has 1 aromatic heterocycles. The summed E-state index contributed by atoms with van der Waals surface area (Å²) in [7, 11) is 0.850. The fraction of sp³-hybridized carbons (Fsp3) is 0.545. The number of rotatable bonds is 13. The molecule has 10 heteroatoms. The van der Waals surface area contributed by atoms with Crippen LogP contribution >= 0.6 is 11.3 Å². The Bertz CT molecular complexity index is 1420. The van der Waals surface area contributed by atoms with E-state index in [2.05, 4.69) is 33.9 Å². The lowest BCUT2D eigenvalue weighted by atomic mass is 10.00. The highest BCUT2D eigenvalue weighted by Crippen LogP contribution is 2.43. The number of benzene rings is 2. The van der Waals surface area contributed by atoms with Gasteiger partial charge in [-0.05, 0) is 67.7 Å². The van der Waals surface area contributed by atoms with E-state index in [0.29, 0.717) is 34.6 Å². The van der Waals surface area contributed by atoms with Gasteiger partial charge >= 0.3 is 5.97 Å². The average molecular weight is 628 g/mol. The minimum absolute atomic E-state index is 0.0447. The molecule has 0 radical (unpaired) electrons. The smallest absolute Gasteiger partial charge is 0.340 e. The van der Waals surface area contributed by atoms with Gasteiger partial charge in [-0.2, -0.15) is 0 Å². The number of thiazole rings is 1. The molecule has 0 N–H and O–H groups in total. The van der Waals surface area contributed by atoms with Gasteiger partial charge in [-0.3, -0.25) is 4.79 Å². The molecule has 43 heavy (non-hydrogen) atoms. The van der Waals surface area contributed by atoms with Crippen molar-refractivity contribution in [1.82, 2.24) is 4.98 Å². The van der Waals surface area contributed by atoms with Gasteiger partial charge in [0.25, 0.3) is 0 Å². The lowest BCUT2D eigenvalue weighted by Crippen LogP contribution is -2.45. The zero-order chi connectivity index (χ0) is 31.4. The van der Waals surface area contributed by atoms with Crippen molar-refractivity contribution >= 4 is 42.1 Å². The summed E-state index contributed by atoms with van der Waals surface area (Å²) in [6, 6.07) is 9.20. The molecule has 1 aliphatic carbocycles. The summed E-state index contributed by atoms with van der Waals surface area (Å²) < 4.78 is 31.3. The van der Waals surface area contributed by atoms with Crippen LogP contribution in [0.15, 0.2) is 30.3 Å². The number of aromatic nitrogens is 1. The molecule has 2 aromatic carbocycles. The van der Waals surface area contributed by atoms with Crippen molar-refractivity contribution in [3.8, 4) is 11.5 Å². The SMILES string of the molecule is CCOC(=O)c1cc(OC)cc2sc(C[C@H](OC3CCCC3)[C@H](O[Si](C)(C)C(C)(C)C)c3ccc(C=O)c(OC)c3)nc12. The van der Waals surface area contributed by atoms with Crippen LogP contribution in [0.1, 0.15) is 90.8 Å². The van der Waals surface area contributed by atoms with Gasteiger partial charge in [0.15, 0.2) is 14.6 Å². The standard InChI is InChI=1S/C33H45NO7SSi/c1-9-39-32(36)25-17-24(37-5)18-28-30(25)34-29(42-28)19-27(40-23-12-10-11-13-23)31(41-43(7,8)33(2,3)4)21-14-15-22(20-35)26(16-21)38-6/h14-18,20,23,27,31H,9-13,19H2,1-8H3/t27-,31+/m0/s1. The number of nitrogens with zero attached hydrogens (tertiary/aromatic N) is 1. The zero-order valence-electron chi connectivity index (χ0n) is 26.7. The van der Waals surface area contributed by atoms with Gasteiger partial charge in [-0.1, -0.05) is 39.7 Å². The van der Waals surface area contributed by atoms with Crippen molar-refractivity contribution in [1.29, 1.82) is 0 Å². The van der Waals surface area contributed by atoms with Gasteiger partial charge in [0.2, 0.25) is 0 Å². The number of carbonyl (C=O) groups excluding carboxylic acids is 2. The third-order valence-corrected chi connectivity index (χ3v) is 14.0. The van der Waals surface area contributed by atoms with E-state index in [1.54, 1.807) is 33.3 Å². The molecule has 1 heterocycles. The van der Waals surface area contributed by atoms with Crippen molar-refractivity contribution in [2.24, 2.45) is 0 Å². The molecule has 234 valence electrons. The first-order valence-corrected chi connectivity index (χ1v) is 18.7. The molecule has 0 saturated heterocycles. The Hall–Kier alpha value is -2.79. The second kappa shape index (κ2) is 13.9. The lowest BCUT2D eigenvalue weighted by molar-refractivity contribution is -0.0704. The molecule has 3 aromatic rings. The first-order valence-electron chi connectivity index (χ1n) is 15.0. The van der Waals surface area contributed by atoms with Gasteiger partial charge in [0.1, 0.15) is 11.5 Å². The normalized spacial score (nSPS) is 15.8. The average Bonchev–Trinajstić information content (AvgIpc) is 3.63. The largest absolute Gasteiger partial charge is 0.497 e. The number of carbonyl (C=O) groups is 2. The Labute approximate surface area is 260 Å². The van der Waals surface area contributed by atoms with Crippen molar-refractivity contribution in [3.05, 3.63) is 52.0 Å². The van der Waals surface area contributed by atoms with E-state index in [9.17, 15) is 9.59 Å². The fourth-order valence-corrected chi connectivity index (χ4v) is 7.49. The van der Waals surface area contributed by atoms with E-state index in [1.807, 2.05) is 18.2 Å². The topological polar surface area (TPSA) is 93.2 Å². The highest BCUT2D eigenvalue weighted by atomic mass is 32.1. The van der Waals surface area contributed by atoms with Crippen LogP contribution in [0.25, 0.3) is 10.2 Å².